The van der Waals surface area contributed by atoms with Gasteiger partial charge < -0.3 is 5.11 Å². The van der Waals surface area contributed by atoms with Gasteiger partial charge in [0.25, 0.3) is 0 Å². The molecule has 0 atom stereocenters. The Hall–Kier alpha value is -0.139. The number of hydrogen-bond donors (Lipinski definition) is 1. The van der Waals surface area contributed by atoms with Crippen LogP contribution in [0.4, 0.5) is 0 Å². The number of carboxylic acids is 1. The van der Waals surface area contributed by atoms with Crippen LogP contribution in [0, 0.1) is 0 Å². The Bertz CT molecular complexity index is 322. The van der Waals surface area contributed by atoms with Crippen LogP contribution in [0.2, 0.25) is 58.9 Å². The van der Waals surface area contributed by atoms with Crippen molar-refractivity contribution in [3.05, 3.63) is 10.0 Å². The van der Waals surface area contributed by atoms with Crippen LogP contribution in [0.25, 0.3) is 0 Å². The maximum absolute atomic E-state index is 11.7. The molecule has 0 bridgehead atoms. The lowest BCUT2D eigenvalue weighted by molar-refractivity contribution is -0.132. The minimum absolute atomic E-state index is 0.663. The van der Waals surface area contributed by atoms with Gasteiger partial charge in [0.1, 0.15) is 0 Å². The van der Waals surface area contributed by atoms with Gasteiger partial charge in [-0.3, -0.25) is 0 Å². The van der Waals surface area contributed by atoms with Crippen molar-refractivity contribution in [1.82, 2.24) is 0 Å². The van der Waals surface area contributed by atoms with Crippen molar-refractivity contribution in [2.24, 2.45) is 0 Å². The first-order valence-electron chi connectivity index (χ1n) is 6.18. The molecule has 0 aliphatic rings. The zero-order chi connectivity index (χ0) is 14.2. The van der Waals surface area contributed by atoms with Crippen molar-refractivity contribution in [3.8, 4) is 0 Å². The average Bonchev–Trinajstić information content (AvgIpc) is 1.91. The van der Waals surface area contributed by atoms with Gasteiger partial charge in [0.15, 0.2) is 0 Å². The lowest BCUT2D eigenvalue weighted by Crippen LogP contribution is -2.46. The molecule has 0 aliphatic carbocycles. The second-order valence-electron chi connectivity index (χ2n) is 7.81. The van der Waals surface area contributed by atoms with Gasteiger partial charge in [0.2, 0.25) is 0 Å². The van der Waals surface area contributed by atoms with Crippen molar-refractivity contribution < 1.29 is 9.90 Å². The summed E-state index contributed by atoms with van der Waals surface area (Å²) < 4.78 is 0. The van der Waals surface area contributed by atoms with Crippen LogP contribution < -0.4 is 0 Å². The van der Waals surface area contributed by atoms with E-state index in [1.807, 2.05) is 0 Å². The van der Waals surface area contributed by atoms with E-state index in [0.717, 1.165) is 5.20 Å². The van der Waals surface area contributed by atoms with Crippen LogP contribution in [0.3, 0.4) is 0 Å². The van der Waals surface area contributed by atoms with Crippen LogP contribution in [0.5, 0.6) is 0 Å². The Morgan fingerprint density at radius 3 is 1.06 bits per heavy atom. The van der Waals surface area contributed by atoms with E-state index in [4.69, 9.17) is 0 Å². The highest BCUT2D eigenvalue weighted by molar-refractivity contribution is 7.07. The van der Waals surface area contributed by atoms with E-state index in [1.165, 1.54) is 4.82 Å². The summed E-state index contributed by atoms with van der Waals surface area (Å²) in [6.07, 6.45) is 0. The second kappa shape index (κ2) is 4.85. The first kappa shape index (κ1) is 16.9. The molecule has 0 unspecified atom stereocenters. The third-order valence-electron chi connectivity index (χ3n) is 2.71. The first-order chi connectivity index (χ1) is 7.19. The molecule has 0 rings (SSSR count). The molecule has 5 heteroatoms. The molecular formula is C12H28O2Si3. The topological polar surface area (TPSA) is 37.3 Å². The van der Waals surface area contributed by atoms with Crippen LogP contribution in [-0.4, -0.2) is 35.3 Å². The van der Waals surface area contributed by atoms with Crippen LogP contribution in [0.15, 0.2) is 10.0 Å². The molecule has 0 aromatic rings. The van der Waals surface area contributed by atoms with Crippen molar-refractivity contribution in [2.75, 3.05) is 0 Å². The van der Waals surface area contributed by atoms with Gasteiger partial charge in [-0.05, 0) is 0 Å². The third kappa shape index (κ3) is 4.56. The monoisotopic (exact) mass is 288 g/mol. The zero-order valence-corrected chi connectivity index (χ0v) is 15.9. The van der Waals surface area contributed by atoms with Crippen LogP contribution >= 0.6 is 0 Å². The van der Waals surface area contributed by atoms with Gasteiger partial charge in [-0.1, -0.05) is 63.7 Å². The van der Waals surface area contributed by atoms with Gasteiger partial charge in [0.05, 0.1) is 24.2 Å². The summed E-state index contributed by atoms with van der Waals surface area (Å²) in [5, 5.41) is 10.4. The number of carbonyl (C=O) groups is 1. The van der Waals surface area contributed by atoms with E-state index >= 15 is 0 Å². The lowest BCUT2D eigenvalue weighted by Gasteiger charge is -2.36. The minimum Gasteiger partial charge on any atom is -0.478 e. The standard InChI is InChI=1S/C12H28O2Si3/c1-15(2,3)10(11(13)14)12(16(4,5)6)17(7,8)9/h1-9H3,(H,13,14). The Morgan fingerprint density at radius 1 is 0.706 bits per heavy atom. The summed E-state index contributed by atoms with van der Waals surface area (Å²) in [6, 6.07) is 0. The number of rotatable bonds is 4. The molecule has 100 valence electrons. The fraction of sp³-hybridized carbons (Fsp3) is 0.750. The highest BCUT2D eigenvalue weighted by Crippen LogP contribution is 2.32. The van der Waals surface area contributed by atoms with E-state index in [1.54, 1.807) is 0 Å². The van der Waals surface area contributed by atoms with Gasteiger partial charge in [-0.15, -0.1) is 0 Å². The summed E-state index contributed by atoms with van der Waals surface area (Å²) in [4.78, 5) is 13.1. The first-order valence-corrected chi connectivity index (χ1v) is 16.7. The Labute approximate surface area is 109 Å². The molecule has 0 radical (unpaired) electrons. The van der Waals surface area contributed by atoms with Crippen molar-refractivity contribution >= 4 is 30.2 Å². The maximum atomic E-state index is 11.7. The van der Waals surface area contributed by atoms with E-state index < -0.39 is 30.2 Å². The lowest BCUT2D eigenvalue weighted by atomic mass is 10.6. The Morgan fingerprint density at radius 2 is 1.00 bits per heavy atom. The molecule has 0 spiro atoms. The molecule has 2 nitrogen and oxygen atoms in total. The van der Waals surface area contributed by atoms with Gasteiger partial charge in [-0.25, -0.2) is 4.79 Å². The predicted octanol–water partition coefficient (Wildman–Crippen LogP) is 4.00. The molecule has 0 aromatic carbocycles. The minimum atomic E-state index is -1.78. The largest absolute Gasteiger partial charge is 0.478 e. The molecule has 0 saturated heterocycles. The molecular weight excluding hydrogens is 260 g/mol. The Balaban J connectivity index is 6.27. The molecule has 17 heavy (non-hydrogen) atoms. The number of carboxylic acid groups (broad SMARTS) is 1. The average molecular weight is 289 g/mol. The summed E-state index contributed by atoms with van der Waals surface area (Å²) in [5.41, 5.74) is 0. The molecule has 0 heterocycles. The summed E-state index contributed by atoms with van der Waals surface area (Å²) in [6.45, 7) is 20.1. The number of aliphatic carboxylic acids is 1. The van der Waals surface area contributed by atoms with E-state index in [9.17, 15) is 9.90 Å². The number of hydrogen-bond acceptors (Lipinski definition) is 1. The third-order valence-corrected chi connectivity index (χ3v) is 13.2. The molecule has 0 amide bonds. The zero-order valence-electron chi connectivity index (χ0n) is 12.9. The maximum Gasteiger partial charge on any atom is 0.326 e. The van der Waals surface area contributed by atoms with E-state index in [2.05, 4.69) is 58.9 Å². The highest BCUT2D eigenvalue weighted by Gasteiger charge is 2.39. The Kier molecular flexibility index (Phi) is 4.81. The normalized spacial score (nSPS) is 13.5. The SMILES string of the molecule is C[Si](C)(C)C(C(=O)O)=C([Si](C)(C)C)[Si](C)(C)C. The molecule has 0 aromatic heterocycles. The second-order valence-corrected chi connectivity index (χ2v) is 23.3. The molecule has 0 aliphatic heterocycles. The molecule has 0 fully saturated rings. The summed E-state index contributed by atoms with van der Waals surface area (Å²) in [7, 11) is -4.91. The van der Waals surface area contributed by atoms with Gasteiger partial charge in [-0.2, -0.15) is 0 Å². The summed E-state index contributed by atoms with van der Waals surface area (Å²) >= 11 is 0. The summed E-state index contributed by atoms with van der Waals surface area (Å²) in [5.74, 6) is -0.663. The van der Waals surface area contributed by atoms with E-state index in [0.29, 0.717) is 0 Å². The van der Waals surface area contributed by atoms with Crippen LogP contribution in [-0.2, 0) is 4.79 Å². The van der Waals surface area contributed by atoms with Gasteiger partial charge in [0, 0.05) is 5.20 Å². The smallest absolute Gasteiger partial charge is 0.326 e. The van der Waals surface area contributed by atoms with Crippen molar-refractivity contribution in [3.63, 3.8) is 0 Å². The fourth-order valence-corrected chi connectivity index (χ4v) is 19.3. The fourth-order valence-electron chi connectivity index (χ4n) is 2.68. The van der Waals surface area contributed by atoms with Crippen molar-refractivity contribution in [1.29, 1.82) is 0 Å². The molecule has 0 saturated carbocycles. The predicted molar refractivity (Wildman–Crippen MR) is 84.7 cm³/mol. The van der Waals surface area contributed by atoms with Gasteiger partial charge >= 0.3 is 5.97 Å². The van der Waals surface area contributed by atoms with Crippen molar-refractivity contribution in [2.45, 2.75) is 58.9 Å². The molecule has 1 N–H and O–H groups in total. The quantitative estimate of drug-likeness (QED) is 0.627. The van der Waals surface area contributed by atoms with Crippen LogP contribution in [0.1, 0.15) is 0 Å². The highest BCUT2D eigenvalue weighted by atomic mass is 28.4. The van der Waals surface area contributed by atoms with E-state index in [-0.39, 0.29) is 0 Å².